The number of hydrogen-bond acceptors (Lipinski definition) is 2. The van der Waals surface area contributed by atoms with Crippen LogP contribution in [0.5, 0.6) is 0 Å². The Labute approximate surface area is 94.2 Å². The lowest BCUT2D eigenvalue weighted by Gasteiger charge is -2.09. The number of nitrogens with one attached hydrogen (secondary N) is 1. The molecule has 0 saturated heterocycles. The van der Waals surface area contributed by atoms with Crippen LogP contribution in [0.25, 0.3) is 5.57 Å². The van der Waals surface area contributed by atoms with Crippen LogP contribution in [-0.4, -0.2) is 11.7 Å². The molecule has 0 heterocycles. The molecule has 3 nitrogen and oxygen atoms in total. The van der Waals surface area contributed by atoms with Crippen molar-refractivity contribution in [1.82, 2.24) is 0 Å². The van der Waals surface area contributed by atoms with Crippen LogP contribution in [0.15, 0.2) is 30.3 Å². The summed E-state index contributed by atoms with van der Waals surface area (Å²) in [5.41, 5.74) is 2.25. The predicted octanol–water partition coefficient (Wildman–Crippen LogP) is 2.39. The van der Waals surface area contributed by atoms with Crippen molar-refractivity contribution in [2.24, 2.45) is 0 Å². The number of Topliss-reactive ketones (excluding diaryl/α,β-unsaturated/α-hetero) is 1. The van der Waals surface area contributed by atoms with E-state index in [1.54, 1.807) is 0 Å². The highest BCUT2D eigenvalue weighted by Crippen LogP contribution is 2.29. The molecule has 16 heavy (non-hydrogen) atoms. The zero-order chi connectivity index (χ0) is 11.5. The molecule has 0 atom stereocenters. The highest BCUT2D eigenvalue weighted by atomic mass is 16.1. The van der Waals surface area contributed by atoms with Gasteiger partial charge >= 0.3 is 0 Å². The molecule has 1 aromatic carbocycles. The third-order valence-electron chi connectivity index (χ3n) is 2.55. The van der Waals surface area contributed by atoms with Crippen molar-refractivity contribution in [2.75, 3.05) is 5.32 Å². The number of carbonyl (C=O) groups is 2. The molecular weight excluding hydrogens is 202 g/mol. The molecule has 3 heteroatoms. The number of para-hydroxylation sites is 1. The van der Waals surface area contributed by atoms with Crippen LogP contribution in [0.3, 0.4) is 0 Å². The summed E-state index contributed by atoms with van der Waals surface area (Å²) in [6.45, 7) is 1.46. The van der Waals surface area contributed by atoms with Gasteiger partial charge in [-0.3, -0.25) is 9.59 Å². The summed E-state index contributed by atoms with van der Waals surface area (Å²) in [5.74, 6) is 0.0243. The lowest BCUT2D eigenvalue weighted by Crippen LogP contribution is -2.08. The fourth-order valence-electron chi connectivity index (χ4n) is 1.87. The number of hydrogen-bond donors (Lipinski definition) is 1. The standard InChI is InChI=1S/C13H13NO2/c1-9(15)14-12-7-3-2-5-10(12)11-6-4-8-13(11)16/h2-3,5-7H,4,8H2,1H3,(H,14,15). The second-order valence-electron chi connectivity index (χ2n) is 3.81. The number of rotatable bonds is 2. The van der Waals surface area contributed by atoms with Gasteiger partial charge in [-0.25, -0.2) is 0 Å². The van der Waals surface area contributed by atoms with Gasteiger partial charge in [0.15, 0.2) is 5.78 Å². The first-order valence-corrected chi connectivity index (χ1v) is 5.29. The normalized spacial score (nSPS) is 14.8. The average Bonchev–Trinajstić information content (AvgIpc) is 2.64. The van der Waals surface area contributed by atoms with Gasteiger partial charge in [0.25, 0.3) is 0 Å². The molecule has 0 radical (unpaired) electrons. The van der Waals surface area contributed by atoms with Crippen LogP contribution < -0.4 is 5.32 Å². The van der Waals surface area contributed by atoms with Crippen LogP contribution in [-0.2, 0) is 9.59 Å². The Morgan fingerprint density at radius 2 is 2.06 bits per heavy atom. The van der Waals surface area contributed by atoms with Gasteiger partial charge in [0.1, 0.15) is 0 Å². The van der Waals surface area contributed by atoms with Crippen molar-refractivity contribution in [2.45, 2.75) is 19.8 Å². The maximum Gasteiger partial charge on any atom is 0.221 e. The molecule has 0 saturated carbocycles. The van der Waals surface area contributed by atoms with E-state index >= 15 is 0 Å². The maximum atomic E-state index is 11.6. The lowest BCUT2D eigenvalue weighted by atomic mass is 10.0. The summed E-state index contributed by atoms with van der Waals surface area (Å²) < 4.78 is 0. The molecule has 0 unspecified atom stereocenters. The summed E-state index contributed by atoms with van der Waals surface area (Å²) in [4.78, 5) is 22.7. The van der Waals surface area contributed by atoms with E-state index in [0.717, 1.165) is 17.6 Å². The fraction of sp³-hybridized carbons (Fsp3) is 0.231. The summed E-state index contributed by atoms with van der Waals surface area (Å²) in [7, 11) is 0. The molecule has 1 N–H and O–H groups in total. The van der Waals surface area contributed by atoms with E-state index in [2.05, 4.69) is 5.32 Å². The van der Waals surface area contributed by atoms with E-state index in [9.17, 15) is 9.59 Å². The summed E-state index contributed by atoms with van der Waals surface area (Å²) in [5, 5.41) is 2.74. The SMILES string of the molecule is CC(=O)Nc1ccccc1C1=CCCC1=O. The molecule has 0 aromatic heterocycles. The number of amides is 1. The fourth-order valence-corrected chi connectivity index (χ4v) is 1.87. The van der Waals surface area contributed by atoms with E-state index in [1.807, 2.05) is 30.3 Å². The number of carbonyl (C=O) groups excluding carboxylic acids is 2. The number of ketones is 1. The van der Waals surface area contributed by atoms with Crippen LogP contribution >= 0.6 is 0 Å². The van der Waals surface area contributed by atoms with Crippen molar-refractivity contribution in [1.29, 1.82) is 0 Å². The van der Waals surface area contributed by atoms with Gasteiger partial charge in [0, 0.05) is 30.2 Å². The van der Waals surface area contributed by atoms with Crippen LogP contribution in [0, 0.1) is 0 Å². The van der Waals surface area contributed by atoms with Crippen LogP contribution in [0.2, 0.25) is 0 Å². The molecule has 1 amide bonds. The molecule has 1 aliphatic rings. The highest BCUT2D eigenvalue weighted by molar-refractivity contribution is 6.24. The van der Waals surface area contributed by atoms with Gasteiger partial charge in [0.05, 0.1) is 0 Å². The Morgan fingerprint density at radius 3 is 2.69 bits per heavy atom. The quantitative estimate of drug-likeness (QED) is 0.823. The van der Waals surface area contributed by atoms with Crippen molar-refractivity contribution in [3.8, 4) is 0 Å². The smallest absolute Gasteiger partial charge is 0.221 e. The minimum Gasteiger partial charge on any atom is -0.326 e. The van der Waals surface area contributed by atoms with Gasteiger partial charge in [0.2, 0.25) is 5.91 Å². The predicted molar refractivity (Wildman–Crippen MR) is 63.0 cm³/mol. The van der Waals surface area contributed by atoms with E-state index < -0.39 is 0 Å². The van der Waals surface area contributed by atoms with Crippen molar-refractivity contribution in [3.05, 3.63) is 35.9 Å². The Bertz CT molecular complexity index is 475. The zero-order valence-corrected chi connectivity index (χ0v) is 9.12. The second-order valence-corrected chi connectivity index (χ2v) is 3.81. The van der Waals surface area contributed by atoms with E-state index in [-0.39, 0.29) is 11.7 Å². The summed E-state index contributed by atoms with van der Waals surface area (Å²) >= 11 is 0. The molecule has 0 fully saturated rings. The zero-order valence-electron chi connectivity index (χ0n) is 9.12. The second kappa shape index (κ2) is 4.31. The summed E-state index contributed by atoms with van der Waals surface area (Å²) in [6, 6.07) is 7.38. The average molecular weight is 215 g/mol. The van der Waals surface area contributed by atoms with Crippen molar-refractivity contribution in [3.63, 3.8) is 0 Å². The Kier molecular flexibility index (Phi) is 2.86. The topological polar surface area (TPSA) is 46.2 Å². The number of benzene rings is 1. The molecule has 2 rings (SSSR count). The van der Waals surface area contributed by atoms with Gasteiger partial charge in [-0.15, -0.1) is 0 Å². The molecule has 1 aliphatic carbocycles. The van der Waals surface area contributed by atoms with E-state index in [4.69, 9.17) is 0 Å². The van der Waals surface area contributed by atoms with Crippen molar-refractivity contribution < 1.29 is 9.59 Å². The van der Waals surface area contributed by atoms with Crippen LogP contribution in [0.4, 0.5) is 5.69 Å². The third-order valence-corrected chi connectivity index (χ3v) is 2.55. The highest BCUT2D eigenvalue weighted by Gasteiger charge is 2.19. The Balaban J connectivity index is 2.40. The van der Waals surface area contributed by atoms with Crippen molar-refractivity contribution >= 4 is 23.0 Å². The molecular formula is C13H13NO2. The first-order chi connectivity index (χ1) is 7.68. The van der Waals surface area contributed by atoms with Gasteiger partial charge in [-0.05, 0) is 12.5 Å². The molecule has 0 bridgehead atoms. The number of allylic oxidation sites excluding steroid dienone is 2. The first-order valence-electron chi connectivity index (χ1n) is 5.29. The Hall–Kier alpha value is -1.90. The molecule has 82 valence electrons. The first kappa shape index (κ1) is 10.6. The minimum absolute atomic E-state index is 0.126. The molecule has 1 aromatic rings. The third kappa shape index (κ3) is 2.03. The maximum absolute atomic E-state index is 11.6. The lowest BCUT2D eigenvalue weighted by molar-refractivity contribution is -0.114. The molecule has 0 aliphatic heterocycles. The largest absolute Gasteiger partial charge is 0.326 e. The Morgan fingerprint density at radius 1 is 1.31 bits per heavy atom. The summed E-state index contributed by atoms with van der Waals surface area (Å²) in [6.07, 6.45) is 3.30. The van der Waals surface area contributed by atoms with Gasteiger partial charge in [-0.1, -0.05) is 24.3 Å². The minimum atomic E-state index is -0.126. The van der Waals surface area contributed by atoms with Crippen LogP contribution in [0.1, 0.15) is 25.3 Å². The molecule has 0 spiro atoms. The number of anilines is 1. The monoisotopic (exact) mass is 215 g/mol. The van der Waals surface area contributed by atoms with Gasteiger partial charge in [-0.2, -0.15) is 0 Å². The van der Waals surface area contributed by atoms with E-state index in [1.165, 1.54) is 6.92 Å². The van der Waals surface area contributed by atoms with E-state index in [0.29, 0.717) is 12.1 Å². The van der Waals surface area contributed by atoms with Gasteiger partial charge < -0.3 is 5.32 Å².